The number of halogens is 5. The number of benzene rings is 3. The quantitative estimate of drug-likeness (QED) is 0.0420. The molecule has 9 rings (SSSR count). The van der Waals surface area contributed by atoms with E-state index in [4.69, 9.17) is 72.5 Å². The first-order valence-corrected chi connectivity index (χ1v) is 29.5. The second kappa shape index (κ2) is 45.4. The molecule has 2 N–H and O–H groups in total. The van der Waals surface area contributed by atoms with E-state index < -0.39 is 10.1 Å². The number of nitrogens with one attached hydrogen (secondary N) is 1. The minimum absolute atomic E-state index is 0. The van der Waals surface area contributed by atoms with E-state index in [-0.39, 0.29) is 119 Å². The SMILES string of the molecule is C.C.C1CCOC1.CS(=O)(=O)OCCOc1cnc(C#N)cc1-c1ccc(F)cc1.C[C@@H]1CN(CCOc2cnc(C#N)cc2-c2ccc(F)cc2)C[C@H](C)O1.C[C@@H]1CNC[C@H](C)O1.ClCCl.N#Cc1cc(-c2ccc(F)cc2)c(OCCO)cn1.P.[W]. The largest absolute Gasteiger partial charge is 0.490 e. The third-order valence-corrected chi connectivity index (χ3v) is 12.3. The van der Waals surface area contributed by atoms with Crippen LogP contribution in [0.3, 0.4) is 0 Å². The van der Waals surface area contributed by atoms with Crippen LogP contribution in [0.5, 0.6) is 17.2 Å². The van der Waals surface area contributed by atoms with Gasteiger partial charge in [-0.05, 0) is 112 Å². The van der Waals surface area contributed by atoms with Crippen LogP contribution < -0.4 is 19.5 Å². The van der Waals surface area contributed by atoms with E-state index in [1.165, 1.54) is 67.7 Å². The molecular formula is C62H80Cl2F3N8O10PSW. The summed E-state index contributed by atoms with van der Waals surface area (Å²) < 4.78 is 98.4. The van der Waals surface area contributed by atoms with Gasteiger partial charge in [-0.3, -0.25) is 9.08 Å². The molecule has 480 valence electrons. The Morgan fingerprint density at radius 3 is 1.25 bits per heavy atom. The van der Waals surface area contributed by atoms with Gasteiger partial charge in [-0.25, -0.2) is 28.1 Å². The van der Waals surface area contributed by atoms with Crippen molar-refractivity contribution in [1.82, 2.24) is 25.2 Å². The number of rotatable bonds is 15. The average Bonchev–Trinajstić information content (AvgIpc) is 1.34. The molecule has 3 saturated heterocycles. The van der Waals surface area contributed by atoms with E-state index in [0.717, 1.165) is 63.3 Å². The van der Waals surface area contributed by atoms with Crippen LogP contribution in [0, 0.1) is 51.4 Å². The minimum Gasteiger partial charge on any atom is -0.490 e. The molecule has 3 aromatic carbocycles. The van der Waals surface area contributed by atoms with Gasteiger partial charge < -0.3 is 38.8 Å². The molecule has 3 fully saturated rings. The molecule has 3 aromatic heterocycles. The molecule has 6 aromatic rings. The van der Waals surface area contributed by atoms with Crippen molar-refractivity contribution in [2.24, 2.45) is 0 Å². The van der Waals surface area contributed by atoms with Crippen LogP contribution in [0.1, 0.15) is 72.5 Å². The van der Waals surface area contributed by atoms with Crippen LogP contribution in [0.25, 0.3) is 33.4 Å². The first-order chi connectivity index (χ1) is 40.4. The number of nitriles is 3. The Morgan fingerprint density at radius 1 is 0.614 bits per heavy atom. The van der Waals surface area contributed by atoms with Crippen LogP contribution in [0.15, 0.2) is 110 Å². The zero-order valence-electron chi connectivity index (χ0n) is 48.5. The molecule has 88 heavy (non-hydrogen) atoms. The van der Waals surface area contributed by atoms with Crippen LogP contribution in [0.4, 0.5) is 13.2 Å². The molecule has 3 aliphatic heterocycles. The van der Waals surface area contributed by atoms with Crippen molar-refractivity contribution in [1.29, 1.82) is 15.8 Å². The minimum atomic E-state index is -3.54. The van der Waals surface area contributed by atoms with Gasteiger partial charge in [0.05, 0.1) is 61.2 Å². The second-order valence-corrected chi connectivity index (χ2v) is 21.2. The molecule has 3 aliphatic rings. The summed E-state index contributed by atoms with van der Waals surface area (Å²) in [6, 6.07) is 28.3. The summed E-state index contributed by atoms with van der Waals surface area (Å²) in [5.74, 6) is 0.349. The molecule has 0 saturated carbocycles. The van der Waals surface area contributed by atoms with Gasteiger partial charge in [0.2, 0.25) is 0 Å². The summed E-state index contributed by atoms with van der Waals surface area (Å²) >= 11 is 9.53. The van der Waals surface area contributed by atoms with Crippen LogP contribution in [-0.2, 0) is 49.6 Å². The molecule has 0 aliphatic carbocycles. The van der Waals surface area contributed by atoms with Gasteiger partial charge >= 0.3 is 0 Å². The molecule has 18 nitrogen and oxygen atoms in total. The number of morpholine rings is 2. The van der Waals surface area contributed by atoms with Crippen LogP contribution in [0.2, 0.25) is 0 Å². The van der Waals surface area contributed by atoms with E-state index in [9.17, 15) is 21.6 Å². The van der Waals surface area contributed by atoms with Gasteiger partial charge in [-0.2, -0.15) is 34.1 Å². The molecule has 6 heterocycles. The molecule has 0 amide bonds. The fourth-order valence-corrected chi connectivity index (χ4v) is 8.53. The van der Waals surface area contributed by atoms with Gasteiger partial charge in [0.15, 0.2) is 0 Å². The Balaban J connectivity index is 0.00000113. The molecule has 1 unspecified atom stereocenters. The summed E-state index contributed by atoms with van der Waals surface area (Å²) in [6.45, 7) is 15.2. The summed E-state index contributed by atoms with van der Waals surface area (Å²) in [5.41, 5.74) is 4.80. The van der Waals surface area contributed by atoms with Gasteiger partial charge in [-0.1, -0.05) is 51.3 Å². The van der Waals surface area contributed by atoms with Crippen LogP contribution in [-0.4, -0.2) is 148 Å². The molecule has 0 spiro atoms. The zero-order chi connectivity index (χ0) is 61.3. The van der Waals surface area contributed by atoms with Crippen molar-refractivity contribution in [2.45, 2.75) is 79.8 Å². The number of nitrogens with zero attached hydrogens (tertiary/aromatic N) is 7. The van der Waals surface area contributed by atoms with E-state index in [0.29, 0.717) is 64.0 Å². The van der Waals surface area contributed by atoms with E-state index >= 15 is 0 Å². The Hall–Kier alpha value is -5.86. The van der Waals surface area contributed by atoms with Gasteiger partial charge in [0.1, 0.15) is 96.4 Å². The first-order valence-electron chi connectivity index (χ1n) is 26.6. The topological polar surface area (TPSA) is 244 Å². The predicted molar refractivity (Wildman–Crippen MR) is 338 cm³/mol. The molecule has 5 atom stereocenters. The van der Waals surface area contributed by atoms with Gasteiger partial charge in [-0.15, -0.1) is 23.2 Å². The third-order valence-electron chi connectivity index (χ3n) is 11.7. The van der Waals surface area contributed by atoms with E-state index in [1.54, 1.807) is 54.7 Å². The van der Waals surface area contributed by atoms with Crippen LogP contribution >= 0.6 is 33.1 Å². The standard InChI is InChI=1S/C20H22FN3O2.C15H13FN2O4S.C14H11FN2O2.C6H13NO.C4H8O.CH2Cl2.2CH4.H3P.W/c1-14-12-24(13-15(2)26-14)7-8-25-20-11-23-18(10-22)9-19(20)16-3-5-17(21)6-4-16;1-23(19,20)22-7-6-21-15-10-18-13(9-17)8-14(15)11-2-4-12(16)5-3-11;15-11-3-1-10(2-4-11)13-7-12(8-16)17-9-14(13)19-6-5-18;1-5-3-7-4-6(2)8-5;1-2-4-5-3-1;2-1-3;;;;/h3-6,9,11,14-15H,7-8,12-13H2,1-2H3;2-5,8,10H,6-7H2,1H3;1-4,7,9,18H,5-6H2;5-7H,3-4H2,1-2H3;1-4H2;1H2;2*1H4;1H3;/t14-,15+;;;5-,6+;;;;;;. The number of hydrogen-bond acceptors (Lipinski definition) is 18. The van der Waals surface area contributed by atoms with Crippen molar-refractivity contribution < 1.29 is 80.4 Å². The Kier molecular flexibility index (Phi) is 42.4. The van der Waals surface area contributed by atoms with Gasteiger partial charge in [0.25, 0.3) is 10.1 Å². The maximum atomic E-state index is 13.2. The summed E-state index contributed by atoms with van der Waals surface area (Å²) in [4.78, 5) is 14.2. The Labute approximate surface area is 544 Å². The maximum Gasteiger partial charge on any atom is 0.264 e. The fraction of sp³-hybridized carbons (Fsp3) is 0.419. The maximum absolute atomic E-state index is 13.2. The predicted octanol–water partition coefficient (Wildman–Crippen LogP) is 11.4. The molecular weight excluding hydrogens is 1390 g/mol. The number of hydrogen-bond donors (Lipinski definition) is 2. The number of aliphatic hydroxyl groups excluding tert-OH is 1. The number of aromatic nitrogens is 3. The average molecular weight is 1470 g/mol. The number of alkyl halides is 2. The first kappa shape index (κ1) is 82.1. The van der Waals surface area contributed by atoms with Crippen molar-refractivity contribution in [3.63, 3.8) is 0 Å². The van der Waals surface area contributed by atoms with Crippen molar-refractivity contribution in [3.05, 3.63) is 144 Å². The normalized spacial score (nSPS) is 16.3. The Bertz CT molecular complexity index is 3150. The smallest absolute Gasteiger partial charge is 0.264 e. The monoisotopic (exact) mass is 1470 g/mol. The number of ether oxygens (including phenoxy) is 6. The molecule has 0 bridgehead atoms. The molecule has 0 radical (unpaired) electrons. The van der Waals surface area contributed by atoms with Crippen molar-refractivity contribution >= 4 is 43.2 Å². The molecule has 26 heteroatoms. The van der Waals surface area contributed by atoms with Gasteiger partial charge in [0, 0.05) is 83.7 Å². The summed E-state index contributed by atoms with van der Waals surface area (Å²) in [5, 5.41) is 39.2. The number of pyridine rings is 3. The van der Waals surface area contributed by atoms with E-state index in [1.807, 2.05) is 18.2 Å². The van der Waals surface area contributed by atoms with Crippen molar-refractivity contribution in [3.8, 4) is 68.8 Å². The third kappa shape index (κ3) is 31.5. The zero-order valence-corrected chi connectivity index (χ0v) is 55.1. The summed E-state index contributed by atoms with van der Waals surface area (Å²) in [7, 11) is -3.54. The van der Waals surface area contributed by atoms with Crippen molar-refractivity contribution in [2.75, 3.05) is 90.6 Å². The fourth-order valence-electron chi connectivity index (χ4n) is 8.16. The van der Waals surface area contributed by atoms with E-state index in [2.05, 4.69) is 57.0 Å². The second-order valence-electron chi connectivity index (χ2n) is 18.7. The summed E-state index contributed by atoms with van der Waals surface area (Å²) in [6.07, 6.45) is 9.07. The number of aliphatic hydroxyl groups is 1. The Morgan fingerprint density at radius 2 is 0.955 bits per heavy atom.